The summed E-state index contributed by atoms with van der Waals surface area (Å²) >= 11 is 0.956. The number of amides is 1. The van der Waals surface area contributed by atoms with E-state index in [4.69, 9.17) is 19.6 Å². The zero-order chi connectivity index (χ0) is 20.0. The van der Waals surface area contributed by atoms with Crippen molar-refractivity contribution >= 4 is 40.3 Å². The minimum atomic E-state index is -0.666. The maximum Gasteiger partial charge on any atom is 0.341 e. The summed E-state index contributed by atoms with van der Waals surface area (Å²) in [6, 6.07) is 3.36. The van der Waals surface area contributed by atoms with Crippen LogP contribution in [0.5, 0.6) is 0 Å². The molecule has 2 N–H and O–H groups in total. The molecule has 144 valence electrons. The molecule has 0 fully saturated rings. The lowest BCUT2D eigenvalue weighted by molar-refractivity contribution is -0.138. The Bertz CT molecular complexity index is 852. The second kappa shape index (κ2) is 9.04. The first-order chi connectivity index (χ1) is 12.8. The highest BCUT2D eigenvalue weighted by Gasteiger charge is 2.28. The number of rotatable bonds is 7. The lowest BCUT2D eigenvalue weighted by Gasteiger charge is -2.11. The van der Waals surface area contributed by atoms with Gasteiger partial charge in [-0.3, -0.25) is 4.79 Å². The Balaban J connectivity index is 2.25. The van der Waals surface area contributed by atoms with E-state index in [1.165, 1.54) is 23.3 Å². The molecule has 0 saturated heterocycles. The van der Waals surface area contributed by atoms with E-state index in [2.05, 4.69) is 0 Å². The van der Waals surface area contributed by atoms with Gasteiger partial charge in [0.05, 0.1) is 12.9 Å². The van der Waals surface area contributed by atoms with E-state index in [9.17, 15) is 14.4 Å². The molecule has 9 heteroatoms. The van der Waals surface area contributed by atoms with Gasteiger partial charge >= 0.3 is 11.9 Å². The molecule has 2 rings (SSSR count). The Morgan fingerprint density at radius 1 is 1.30 bits per heavy atom. The Morgan fingerprint density at radius 3 is 2.63 bits per heavy atom. The fourth-order valence-corrected chi connectivity index (χ4v) is 3.24. The summed E-state index contributed by atoms with van der Waals surface area (Å²) in [5.74, 6) is -1.18. The number of thiophene rings is 1. The van der Waals surface area contributed by atoms with Crippen LogP contribution in [0.15, 0.2) is 28.9 Å². The fourth-order valence-electron chi connectivity index (χ4n) is 2.15. The molecule has 8 nitrogen and oxygen atoms in total. The van der Waals surface area contributed by atoms with Crippen molar-refractivity contribution in [3.8, 4) is 0 Å². The Morgan fingerprint density at radius 2 is 2.04 bits per heavy atom. The van der Waals surface area contributed by atoms with Gasteiger partial charge < -0.3 is 24.5 Å². The zero-order valence-electron chi connectivity index (χ0n) is 15.2. The summed E-state index contributed by atoms with van der Waals surface area (Å²) in [6.45, 7) is 1.51. The van der Waals surface area contributed by atoms with Gasteiger partial charge in [-0.25, -0.2) is 9.59 Å². The predicted molar refractivity (Wildman–Crippen MR) is 100 cm³/mol. The van der Waals surface area contributed by atoms with Gasteiger partial charge in [0, 0.05) is 25.7 Å². The van der Waals surface area contributed by atoms with E-state index in [1.54, 1.807) is 33.2 Å². The Labute approximate surface area is 160 Å². The average Bonchev–Trinajstić information content (AvgIpc) is 3.25. The van der Waals surface area contributed by atoms with Crippen LogP contribution in [-0.2, 0) is 20.9 Å². The molecule has 0 aliphatic heterocycles. The highest BCUT2D eigenvalue weighted by molar-refractivity contribution is 7.18. The average molecular weight is 392 g/mol. The van der Waals surface area contributed by atoms with Crippen molar-refractivity contribution in [3.05, 3.63) is 46.2 Å². The van der Waals surface area contributed by atoms with Crippen molar-refractivity contribution in [2.24, 2.45) is 0 Å². The third kappa shape index (κ3) is 4.98. The SMILES string of the molecule is CCOC(=O)c1c(N)sc(C(=O)N(C)C)c1COC(=O)/C=C/c1ccco1. The van der Waals surface area contributed by atoms with E-state index >= 15 is 0 Å². The van der Waals surface area contributed by atoms with Crippen molar-refractivity contribution in [1.82, 2.24) is 4.90 Å². The van der Waals surface area contributed by atoms with E-state index in [-0.39, 0.29) is 40.1 Å². The molecule has 0 radical (unpaired) electrons. The van der Waals surface area contributed by atoms with Crippen molar-refractivity contribution in [2.45, 2.75) is 13.5 Å². The van der Waals surface area contributed by atoms with Crippen LogP contribution in [0.2, 0.25) is 0 Å². The van der Waals surface area contributed by atoms with Crippen LogP contribution in [0.3, 0.4) is 0 Å². The first kappa shape index (κ1) is 20.2. The van der Waals surface area contributed by atoms with Crippen LogP contribution in [0.1, 0.15) is 38.3 Å². The molecule has 2 aromatic heterocycles. The van der Waals surface area contributed by atoms with Gasteiger partial charge in [-0.15, -0.1) is 11.3 Å². The third-order valence-electron chi connectivity index (χ3n) is 3.40. The maximum absolute atomic E-state index is 12.4. The van der Waals surface area contributed by atoms with Crippen LogP contribution in [0, 0.1) is 0 Å². The lowest BCUT2D eigenvalue weighted by Crippen LogP contribution is -2.22. The summed E-state index contributed by atoms with van der Waals surface area (Å²) in [4.78, 5) is 38.2. The van der Waals surface area contributed by atoms with Gasteiger partial charge in [-0.2, -0.15) is 0 Å². The minimum absolute atomic E-state index is 0.0508. The molecule has 0 aromatic carbocycles. The molecule has 0 atom stereocenters. The molecule has 0 aliphatic carbocycles. The number of anilines is 1. The number of nitrogens with zero attached hydrogens (tertiary/aromatic N) is 1. The van der Waals surface area contributed by atoms with Crippen LogP contribution in [-0.4, -0.2) is 43.4 Å². The van der Waals surface area contributed by atoms with Crippen molar-refractivity contribution in [3.63, 3.8) is 0 Å². The minimum Gasteiger partial charge on any atom is -0.465 e. The van der Waals surface area contributed by atoms with Crippen LogP contribution in [0.25, 0.3) is 6.08 Å². The zero-order valence-corrected chi connectivity index (χ0v) is 16.0. The number of nitrogens with two attached hydrogens (primary N) is 1. The number of furan rings is 1. The van der Waals surface area contributed by atoms with Crippen LogP contribution < -0.4 is 5.73 Å². The second-order valence-corrected chi connectivity index (χ2v) is 6.58. The highest BCUT2D eigenvalue weighted by atomic mass is 32.1. The quantitative estimate of drug-likeness (QED) is 0.569. The van der Waals surface area contributed by atoms with Crippen molar-refractivity contribution in [2.75, 3.05) is 26.4 Å². The molecular weight excluding hydrogens is 372 g/mol. The largest absolute Gasteiger partial charge is 0.465 e. The van der Waals surface area contributed by atoms with E-state index < -0.39 is 11.9 Å². The lowest BCUT2D eigenvalue weighted by atomic mass is 10.1. The molecular formula is C18H20N2O6S. The van der Waals surface area contributed by atoms with Gasteiger partial charge in [-0.1, -0.05) is 0 Å². The van der Waals surface area contributed by atoms with Gasteiger partial charge in [0.15, 0.2) is 0 Å². The summed E-state index contributed by atoms with van der Waals surface area (Å²) in [7, 11) is 3.15. The van der Waals surface area contributed by atoms with E-state index in [0.29, 0.717) is 5.76 Å². The second-order valence-electron chi connectivity index (χ2n) is 5.53. The molecule has 0 spiro atoms. The number of hydrogen-bond donors (Lipinski definition) is 1. The van der Waals surface area contributed by atoms with E-state index in [0.717, 1.165) is 11.3 Å². The monoisotopic (exact) mass is 392 g/mol. The first-order valence-corrected chi connectivity index (χ1v) is 8.85. The van der Waals surface area contributed by atoms with Gasteiger partial charge in [-0.05, 0) is 25.1 Å². The van der Waals surface area contributed by atoms with E-state index in [1.807, 2.05) is 0 Å². The summed E-state index contributed by atoms with van der Waals surface area (Å²) in [6.07, 6.45) is 4.11. The van der Waals surface area contributed by atoms with Crippen molar-refractivity contribution < 1.29 is 28.3 Å². The highest BCUT2D eigenvalue weighted by Crippen LogP contribution is 2.33. The third-order valence-corrected chi connectivity index (χ3v) is 4.45. The summed E-state index contributed by atoms with van der Waals surface area (Å²) < 4.78 is 15.3. The standard InChI is InChI=1S/C18H20N2O6S/c1-4-24-18(23)14-12(15(27-16(14)19)17(22)20(2)3)10-26-13(21)8-7-11-6-5-9-25-11/h5-9H,4,10,19H2,1-3H3/b8-7+. The molecule has 0 saturated carbocycles. The first-order valence-electron chi connectivity index (χ1n) is 8.03. The molecule has 0 bridgehead atoms. The normalized spacial score (nSPS) is 10.8. The molecule has 2 aromatic rings. The van der Waals surface area contributed by atoms with Crippen LogP contribution in [0.4, 0.5) is 5.00 Å². The topological polar surface area (TPSA) is 112 Å². The molecule has 0 aliphatic rings. The summed E-state index contributed by atoms with van der Waals surface area (Å²) in [5.41, 5.74) is 6.20. The van der Waals surface area contributed by atoms with Gasteiger partial charge in [0.25, 0.3) is 5.91 Å². The molecule has 2 heterocycles. The number of esters is 2. The molecule has 27 heavy (non-hydrogen) atoms. The van der Waals surface area contributed by atoms with Crippen LogP contribution >= 0.6 is 11.3 Å². The molecule has 1 amide bonds. The number of carbonyl (C=O) groups is 3. The maximum atomic E-state index is 12.4. The summed E-state index contributed by atoms with van der Waals surface area (Å²) in [5, 5.41) is 0.135. The predicted octanol–water partition coefficient (Wildman–Crippen LogP) is 2.56. The number of hydrogen-bond acceptors (Lipinski definition) is 8. The Hall–Kier alpha value is -3.07. The Kier molecular flexibility index (Phi) is 6.78. The van der Waals surface area contributed by atoms with Gasteiger partial charge in [0.2, 0.25) is 0 Å². The molecule has 0 unspecified atom stereocenters. The fraction of sp³-hybridized carbons (Fsp3) is 0.278. The van der Waals surface area contributed by atoms with Gasteiger partial charge in [0.1, 0.15) is 27.8 Å². The van der Waals surface area contributed by atoms with Crippen molar-refractivity contribution in [1.29, 1.82) is 0 Å². The smallest absolute Gasteiger partial charge is 0.341 e. The number of carbonyl (C=O) groups excluding carboxylic acids is 3. The number of nitrogen functional groups attached to an aromatic ring is 1. The number of ether oxygens (including phenoxy) is 2.